The number of nitrogens with one attached hydrogen (secondary N) is 1. The van der Waals surface area contributed by atoms with Crippen LogP contribution in [0.4, 0.5) is 0 Å². The summed E-state index contributed by atoms with van der Waals surface area (Å²) in [6.45, 7) is 3.80. The van der Waals surface area contributed by atoms with Crippen molar-refractivity contribution in [2.45, 2.75) is 51.1 Å². The minimum Gasteiger partial charge on any atom is -0.468 e. The second kappa shape index (κ2) is 10.1. The summed E-state index contributed by atoms with van der Waals surface area (Å²) in [4.78, 5) is 44.4. The van der Waals surface area contributed by atoms with E-state index in [0.29, 0.717) is 5.16 Å². The van der Waals surface area contributed by atoms with Crippen molar-refractivity contribution >= 4 is 45.2 Å². The number of fused-ring (bicyclic) bond motifs is 3. The molecule has 0 saturated heterocycles. The van der Waals surface area contributed by atoms with Crippen LogP contribution < -0.4 is 10.9 Å². The van der Waals surface area contributed by atoms with Crippen LogP contribution in [0.15, 0.2) is 28.2 Å². The van der Waals surface area contributed by atoms with Gasteiger partial charge in [-0.15, -0.1) is 11.3 Å². The zero-order valence-corrected chi connectivity index (χ0v) is 20.7. The number of benzene rings is 1. The molecule has 0 fully saturated rings. The van der Waals surface area contributed by atoms with Gasteiger partial charge in [-0.1, -0.05) is 35.9 Å². The minimum atomic E-state index is -0.514. The Morgan fingerprint density at radius 3 is 2.76 bits per heavy atom. The van der Waals surface area contributed by atoms with E-state index in [2.05, 4.69) is 10.1 Å². The van der Waals surface area contributed by atoms with E-state index in [0.717, 1.165) is 58.3 Å². The first-order chi connectivity index (χ1) is 15.9. The predicted molar refractivity (Wildman–Crippen MR) is 132 cm³/mol. The van der Waals surface area contributed by atoms with Gasteiger partial charge >= 0.3 is 5.97 Å². The van der Waals surface area contributed by atoms with Gasteiger partial charge in [0, 0.05) is 4.88 Å². The first-order valence-electron chi connectivity index (χ1n) is 11.0. The van der Waals surface area contributed by atoms with Gasteiger partial charge in [0.05, 0.1) is 23.9 Å². The fraction of sp³-hybridized carbons (Fsp3) is 0.417. The van der Waals surface area contributed by atoms with E-state index < -0.39 is 5.97 Å². The molecule has 7 nitrogen and oxygen atoms in total. The van der Waals surface area contributed by atoms with Crippen molar-refractivity contribution < 1.29 is 14.3 Å². The number of aromatic nitrogens is 2. The molecular formula is C24H27N3O4S2. The van der Waals surface area contributed by atoms with Crippen LogP contribution in [-0.4, -0.2) is 40.8 Å². The van der Waals surface area contributed by atoms with Gasteiger partial charge in [0.1, 0.15) is 11.4 Å². The molecule has 3 aromatic rings. The number of amides is 1. The lowest BCUT2D eigenvalue weighted by Gasteiger charge is -2.15. The Bertz CT molecular complexity index is 1280. The van der Waals surface area contributed by atoms with Crippen molar-refractivity contribution in [1.29, 1.82) is 0 Å². The number of hydrogen-bond donors (Lipinski definition) is 1. The lowest BCUT2D eigenvalue weighted by Crippen LogP contribution is -2.31. The molecule has 0 aliphatic heterocycles. The summed E-state index contributed by atoms with van der Waals surface area (Å²) in [6.07, 6.45) is 5.28. The third kappa shape index (κ3) is 4.99. The molecule has 0 spiro atoms. The standard InChI is InChI=1S/C24H27N3O4S2/c1-14-9-10-17(15(2)11-14)27-23(30)21-16-7-5-4-6-8-18(16)33-22(21)26-24(27)32-13-19(28)25-12-20(29)31-3/h9-11H,4-8,12-13H2,1-3H3,(H,25,28). The molecule has 2 heterocycles. The van der Waals surface area contributed by atoms with Crippen LogP contribution in [0.2, 0.25) is 0 Å². The number of rotatable bonds is 6. The Morgan fingerprint density at radius 2 is 2.00 bits per heavy atom. The van der Waals surface area contributed by atoms with Crippen molar-refractivity contribution in [3.8, 4) is 5.69 Å². The number of methoxy groups -OCH3 is 1. The fourth-order valence-electron chi connectivity index (χ4n) is 4.15. The molecule has 1 aromatic carbocycles. The Morgan fingerprint density at radius 1 is 1.21 bits per heavy atom. The number of thiophene rings is 1. The Hall–Kier alpha value is -2.65. The molecule has 1 aliphatic carbocycles. The van der Waals surface area contributed by atoms with Crippen LogP contribution in [0.5, 0.6) is 0 Å². The Labute approximate surface area is 200 Å². The Balaban J connectivity index is 1.78. The summed E-state index contributed by atoms with van der Waals surface area (Å²) in [5.74, 6) is -0.806. The molecule has 0 unspecified atom stereocenters. The molecule has 2 aromatic heterocycles. The number of carbonyl (C=O) groups excluding carboxylic acids is 2. The lowest BCUT2D eigenvalue weighted by molar-refractivity contribution is -0.140. The molecular weight excluding hydrogens is 458 g/mol. The van der Waals surface area contributed by atoms with E-state index in [1.807, 2.05) is 32.0 Å². The van der Waals surface area contributed by atoms with Gasteiger partial charge in [0.25, 0.3) is 5.56 Å². The number of nitrogens with zero attached hydrogens (tertiary/aromatic N) is 2. The maximum Gasteiger partial charge on any atom is 0.325 e. The zero-order chi connectivity index (χ0) is 23.5. The number of hydrogen-bond acceptors (Lipinski definition) is 7. The quantitative estimate of drug-likeness (QED) is 0.248. The van der Waals surface area contributed by atoms with Crippen LogP contribution in [-0.2, 0) is 27.2 Å². The molecule has 0 saturated carbocycles. The van der Waals surface area contributed by atoms with Crippen molar-refractivity contribution in [3.05, 3.63) is 50.1 Å². The number of ether oxygens (including phenoxy) is 1. The molecule has 1 aliphatic rings. The number of carbonyl (C=O) groups is 2. The van der Waals surface area contributed by atoms with Gasteiger partial charge in [0.15, 0.2) is 5.16 Å². The molecule has 0 radical (unpaired) electrons. The van der Waals surface area contributed by atoms with Crippen molar-refractivity contribution in [2.75, 3.05) is 19.4 Å². The van der Waals surface area contributed by atoms with E-state index in [-0.39, 0.29) is 23.8 Å². The average molecular weight is 486 g/mol. The van der Waals surface area contributed by atoms with Gasteiger partial charge < -0.3 is 10.1 Å². The SMILES string of the molecule is COC(=O)CNC(=O)CSc1nc2sc3c(c2c(=O)n1-c1ccc(C)cc1C)CCCCC3. The average Bonchev–Trinajstić information content (AvgIpc) is 2.98. The van der Waals surface area contributed by atoms with Crippen molar-refractivity contribution in [3.63, 3.8) is 0 Å². The van der Waals surface area contributed by atoms with Crippen molar-refractivity contribution in [2.24, 2.45) is 0 Å². The van der Waals surface area contributed by atoms with E-state index in [1.54, 1.807) is 15.9 Å². The van der Waals surface area contributed by atoms with E-state index >= 15 is 0 Å². The lowest BCUT2D eigenvalue weighted by atomic mass is 10.1. The van der Waals surface area contributed by atoms with Gasteiger partial charge in [-0.3, -0.25) is 19.0 Å². The molecule has 9 heteroatoms. The third-order valence-electron chi connectivity index (χ3n) is 5.79. The zero-order valence-electron chi connectivity index (χ0n) is 19.0. The van der Waals surface area contributed by atoms with Crippen LogP contribution in [0, 0.1) is 13.8 Å². The first-order valence-corrected chi connectivity index (χ1v) is 12.8. The van der Waals surface area contributed by atoms with Gasteiger partial charge in [0.2, 0.25) is 5.91 Å². The molecule has 174 valence electrons. The molecule has 1 N–H and O–H groups in total. The van der Waals surface area contributed by atoms with Gasteiger partial charge in [-0.05, 0) is 56.7 Å². The van der Waals surface area contributed by atoms with E-state index in [9.17, 15) is 14.4 Å². The first kappa shape index (κ1) is 23.5. The van der Waals surface area contributed by atoms with Gasteiger partial charge in [-0.25, -0.2) is 4.98 Å². The highest BCUT2D eigenvalue weighted by atomic mass is 32.2. The van der Waals surface area contributed by atoms with Crippen molar-refractivity contribution in [1.82, 2.24) is 14.9 Å². The second-order valence-electron chi connectivity index (χ2n) is 8.21. The summed E-state index contributed by atoms with van der Waals surface area (Å²) in [5, 5.41) is 3.73. The fourth-order valence-corrected chi connectivity index (χ4v) is 6.29. The Kier molecular flexibility index (Phi) is 7.19. The predicted octanol–water partition coefficient (Wildman–Crippen LogP) is 3.71. The topological polar surface area (TPSA) is 90.3 Å². The maximum atomic E-state index is 13.9. The summed E-state index contributed by atoms with van der Waals surface area (Å²) in [6, 6.07) is 5.95. The smallest absolute Gasteiger partial charge is 0.325 e. The van der Waals surface area contributed by atoms with E-state index in [1.165, 1.54) is 30.2 Å². The van der Waals surface area contributed by atoms with E-state index in [4.69, 9.17) is 4.98 Å². The van der Waals surface area contributed by atoms with Crippen LogP contribution in [0.25, 0.3) is 15.9 Å². The molecule has 33 heavy (non-hydrogen) atoms. The number of thioether (sulfide) groups is 1. The minimum absolute atomic E-state index is 0.0327. The molecule has 1 amide bonds. The van der Waals surface area contributed by atoms with Crippen LogP contribution >= 0.6 is 23.1 Å². The second-order valence-corrected chi connectivity index (χ2v) is 10.2. The number of esters is 1. The normalized spacial score (nSPS) is 13.4. The van der Waals surface area contributed by atoms with Gasteiger partial charge in [-0.2, -0.15) is 0 Å². The highest BCUT2D eigenvalue weighted by molar-refractivity contribution is 7.99. The highest BCUT2D eigenvalue weighted by Crippen LogP contribution is 2.35. The molecule has 0 bridgehead atoms. The van der Waals surface area contributed by atoms with Crippen LogP contribution in [0.3, 0.4) is 0 Å². The summed E-state index contributed by atoms with van der Waals surface area (Å²) in [5.41, 5.74) is 3.92. The largest absolute Gasteiger partial charge is 0.468 e. The highest BCUT2D eigenvalue weighted by Gasteiger charge is 2.23. The number of aryl methyl sites for hydroxylation is 4. The molecule has 0 atom stereocenters. The monoisotopic (exact) mass is 485 g/mol. The summed E-state index contributed by atoms with van der Waals surface area (Å²) in [7, 11) is 1.27. The van der Waals surface area contributed by atoms with Crippen LogP contribution in [0.1, 0.15) is 40.8 Å². The maximum absolute atomic E-state index is 13.9. The third-order valence-corrected chi connectivity index (χ3v) is 7.92. The summed E-state index contributed by atoms with van der Waals surface area (Å²) < 4.78 is 6.20. The summed E-state index contributed by atoms with van der Waals surface area (Å²) >= 11 is 2.80. The molecule has 4 rings (SSSR count).